The van der Waals surface area contributed by atoms with Crippen LogP contribution in [0.25, 0.3) is 10.2 Å². The highest BCUT2D eigenvalue weighted by atomic mass is 35.5. The third-order valence-corrected chi connectivity index (χ3v) is 5.73. The van der Waals surface area contributed by atoms with Crippen LogP contribution >= 0.6 is 34.5 Å². The van der Waals surface area contributed by atoms with Gasteiger partial charge in [0.2, 0.25) is 6.79 Å². The van der Waals surface area contributed by atoms with Crippen molar-refractivity contribution in [2.45, 2.75) is 6.54 Å². The summed E-state index contributed by atoms with van der Waals surface area (Å²) in [5, 5.41) is 0.741. The van der Waals surface area contributed by atoms with Crippen molar-refractivity contribution in [3.05, 3.63) is 45.2 Å². The number of carbonyl (C=O) groups excluding carboxylic acids is 2. The van der Waals surface area contributed by atoms with Gasteiger partial charge in [-0.1, -0.05) is 34.5 Å². The monoisotopic (exact) mass is 468 g/mol. The first-order valence-electron chi connectivity index (χ1n) is 8.60. The van der Waals surface area contributed by atoms with E-state index in [1.165, 1.54) is 24.5 Å². The van der Waals surface area contributed by atoms with Crippen molar-refractivity contribution >= 4 is 56.6 Å². The Morgan fingerprint density at radius 1 is 1.20 bits per heavy atom. The number of esters is 1. The quantitative estimate of drug-likeness (QED) is 0.533. The average Bonchev–Trinajstić information content (AvgIpc) is 3.29. The Balaban J connectivity index is 1.65. The Kier molecular flexibility index (Phi) is 5.85. The van der Waals surface area contributed by atoms with Crippen LogP contribution < -0.4 is 19.0 Å². The van der Waals surface area contributed by atoms with Crippen molar-refractivity contribution in [3.63, 3.8) is 0 Å². The molecule has 0 saturated carbocycles. The lowest BCUT2D eigenvalue weighted by Gasteiger charge is -2.06. The molecule has 0 saturated heterocycles. The standard InChI is InChI=1S/C19H14Cl2N2O6S/c1-26-18(25)7-23-12-5-14-15(29-9-28-14)6-16(12)30-19(23)22-17(24)8-27-13-3-2-10(20)4-11(13)21/h2-6H,7-9H2,1H3. The van der Waals surface area contributed by atoms with Crippen LogP contribution in [0, 0.1) is 0 Å². The maximum atomic E-state index is 12.4. The van der Waals surface area contributed by atoms with E-state index in [2.05, 4.69) is 4.99 Å². The molecule has 3 aromatic rings. The number of halogens is 2. The van der Waals surface area contributed by atoms with Crippen molar-refractivity contribution in [1.29, 1.82) is 0 Å². The number of nitrogens with zero attached hydrogens (tertiary/aromatic N) is 2. The van der Waals surface area contributed by atoms with Gasteiger partial charge in [0.05, 0.1) is 22.3 Å². The van der Waals surface area contributed by atoms with Crippen LogP contribution in [0.15, 0.2) is 35.3 Å². The van der Waals surface area contributed by atoms with Gasteiger partial charge in [-0.25, -0.2) is 0 Å². The third-order valence-electron chi connectivity index (χ3n) is 4.16. The molecule has 0 radical (unpaired) electrons. The third kappa shape index (κ3) is 4.23. The van der Waals surface area contributed by atoms with Gasteiger partial charge in [-0.2, -0.15) is 4.99 Å². The molecule has 2 aromatic carbocycles. The molecule has 0 aliphatic carbocycles. The molecule has 0 bridgehead atoms. The summed E-state index contributed by atoms with van der Waals surface area (Å²) in [5.74, 6) is 0.427. The minimum atomic E-state index is -0.550. The zero-order valence-electron chi connectivity index (χ0n) is 15.5. The predicted molar refractivity (Wildman–Crippen MR) is 110 cm³/mol. The SMILES string of the molecule is COC(=O)Cn1c(=NC(=O)COc2ccc(Cl)cc2Cl)sc2cc3c(cc21)OCO3. The molecular formula is C19H14Cl2N2O6S. The smallest absolute Gasteiger partial charge is 0.325 e. The summed E-state index contributed by atoms with van der Waals surface area (Å²) < 4.78 is 23.4. The van der Waals surface area contributed by atoms with Gasteiger partial charge in [0.25, 0.3) is 5.91 Å². The summed E-state index contributed by atoms with van der Waals surface area (Å²) in [5.41, 5.74) is 0.669. The first-order valence-corrected chi connectivity index (χ1v) is 10.2. The zero-order valence-corrected chi connectivity index (χ0v) is 17.8. The number of hydrogen-bond acceptors (Lipinski definition) is 7. The molecule has 1 aromatic heterocycles. The lowest BCUT2D eigenvalue weighted by atomic mass is 10.3. The Bertz CT molecular complexity index is 1220. The van der Waals surface area contributed by atoms with E-state index in [4.69, 9.17) is 42.1 Å². The number of methoxy groups -OCH3 is 1. The number of fused-ring (bicyclic) bond motifs is 2. The topological polar surface area (TPSA) is 88.4 Å². The van der Waals surface area contributed by atoms with Crippen LogP contribution in [-0.4, -0.2) is 37.0 Å². The van der Waals surface area contributed by atoms with Gasteiger partial charge >= 0.3 is 5.97 Å². The summed E-state index contributed by atoms with van der Waals surface area (Å²) in [6.45, 7) is -0.327. The van der Waals surface area contributed by atoms with Gasteiger partial charge in [0, 0.05) is 17.2 Å². The molecule has 4 rings (SSSR count). The Hall–Kier alpha value is -2.75. The number of rotatable bonds is 5. The second-order valence-corrected chi connectivity index (χ2v) is 7.94. The fourth-order valence-electron chi connectivity index (χ4n) is 2.76. The molecule has 0 N–H and O–H groups in total. The predicted octanol–water partition coefficient (Wildman–Crippen LogP) is 3.42. The molecule has 0 unspecified atom stereocenters. The number of aromatic nitrogens is 1. The second kappa shape index (κ2) is 8.55. The van der Waals surface area contributed by atoms with E-state index in [0.717, 1.165) is 4.70 Å². The van der Waals surface area contributed by atoms with Gasteiger partial charge in [-0.05, 0) is 18.2 Å². The average molecular weight is 469 g/mol. The summed E-state index contributed by atoms with van der Waals surface area (Å²) in [6.07, 6.45) is 0. The number of ether oxygens (including phenoxy) is 4. The van der Waals surface area contributed by atoms with E-state index in [-0.39, 0.29) is 25.0 Å². The largest absolute Gasteiger partial charge is 0.482 e. The lowest BCUT2D eigenvalue weighted by Crippen LogP contribution is -2.23. The van der Waals surface area contributed by atoms with E-state index < -0.39 is 11.9 Å². The normalized spacial score (nSPS) is 13.0. The lowest BCUT2D eigenvalue weighted by molar-refractivity contribution is -0.141. The number of carbonyl (C=O) groups is 2. The minimum Gasteiger partial charge on any atom is -0.482 e. The van der Waals surface area contributed by atoms with Crippen molar-refractivity contribution in [1.82, 2.24) is 4.57 Å². The molecule has 1 aliphatic heterocycles. The van der Waals surface area contributed by atoms with E-state index >= 15 is 0 Å². The first-order chi connectivity index (χ1) is 14.4. The van der Waals surface area contributed by atoms with Gasteiger partial charge in [-0.15, -0.1) is 0 Å². The second-order valence-electron chi connectivity index (χ2n) is 6.09. The minimum absolute atomic E-state index is 0.119. The highest BCUT2D eigenvalue weighted by molar-refractivity contribution is 7.16. The molecule has 0 spiro atoms. The summed E-state index contributed by atoms with van der Waals surface area (Å²) in [6, 6.07) is 8.20. The Morgan fingerprint density at radius 2 is 1.97 bits per heavy atom. The molecule has 11 heteroatoms. The Morgan fingerprint density at radius 3 is 2.70 bits per heavy atom. The number of benzene rings is 2. The fraction of sp³-hybridized carbons (Fsp3) is 0.211. The van der Waals surface area contributed by atoms with Crippen LogP contribution in [0.2, 0.25) is 10.0 Å². The van der Waals surface area contributed by atoms with Crippen molar-refractivity contribution in [2.24, 2.45) is 4.99 Å². The van der Waals surface area contributed by atoms with Gasteiger partial charge in [0.15, 0.2) is 22.9 Å². The molecule has 8 nitrogen and oxygen atoms in total. The van der Waals surface area contributed by atoms with Crippen LogP contribution in [0.3, 0.4) is 0 Å². The van der Waals surface area contributed by atoms with Crippen molar-refractivity contribution in [3.8, 4) is 17.2 Å². The zero-order chi connectivity index (χ0) is 21.3. The number of hydrogen-bond donors (Lipinski definition) is 0. The molecule has 1 aliphatic rings. The van der Waals surface area contributed by atoms with E-state index in [1.54, 1.807) is 28.8 Å². The molecule has 0 fully saturated rings. The summed E-state index contributed by atoms with van der Waals surface area (Å²) >= 11 is 13.1. The highest BCUT2D eigenvalue weighted by Gasteiger charge is 2.19. The maximum absolute atomic E-state index is 12.4. The molecule has 30 heavy (non-hydrogen) atoms. The van der Waals surface area contributed by atoms with Crippen molar-refractivity contribution in [2.75, 3.05) is 20.5 Å². The number of amides is 1. The number of thiazole rings is 1. The van der Waals surface area contributed by atoms with Crippen LogP contribution in [0.4, 0.5) is 0 Å². The fourth-order valence-corrected chi connectivity index (χ4v) is 4.28. The molecule has 0 atom stereocenters. The van der Waals surface area contributed by atoms with Crippen LogP contribution in [0.1, 0.15) is 0 Å². The summed E-state index contributed by atoms with van der Waals surface area (Å²) in [4.78, 5) is 28.7. The van der Waals surface area contributed by atoms with Gasteiger partial charge in [0.1, 0.15) is 12.3 Å². The van der Waals surface area contributed by atoms with Crippen LogP contribution in [-0.2, 0) is 20.9 Å². The maximum Gasteiger partial charge on any atom is 0.325 e. The van der Waals surface area contributed by atoms with Crippen molar-refractivity contribution < 1.29 is 28.5 Å². The van der Waals surface area contributed by atoms with Gasteiger partial charge in [-0.3, -0.25) is 9.59 Å². The summed E-state index contributed by atoms with van der Waals surface area (Å²) in [7, 11) is 1.29. The van der Waals surface area contributed by atoms with Gasteiger partial charge < -0.3 is 23.5 Å². The molecule has 2 heterocycles. The molecular weight excluding hydrogens is 455 g/mol. The van der Waals surface area contributed by atoms with E-state index in [0.29, 0.717) is 32.6 Å². The molecule has 1 amide bonds. The van der Waals surface area contributed by atoms with Crippen LogP contribution in [0.5, 0.6) is 17.2 Å². The first kappa shape index (κ1) is 20.5. The highest BCUT2D eigenvalue weighted by Crippen LogP contribution is 2.37. The Labute approximate surface area is 184 Å². The van der Waals surface area contributed by atoms with E-state index in [9.17, 15) is 9.59 Å². The molecule has 156 valence electrons. The van der Waals surface area contributed by atoms with E-state index in [1.807, 2.05) is 0 Å².